The van der Waals surface area contributed by atoms with Crippen LogP contribution < -0.4 is 9.47 Å². The predicted octanol–water partition coefficient (Wildman–Crippen LogP) is 5.57. The molecular weight excluding hydrogens is 390 g/mol. The van der Waals surface area contributed by atoms with E-state index in [1.807, 2.05) is 38.1 Å². The van der Waals surface area contributed by atoms with Crippen molar-refractivity contribution < 1.29 is 19.0 Å². The number of ether oxygens (including phenoxy) is 3. The fourth-order valence-corrected chi connectivity index (χ4v) is 3.05. The van der Waals surface area contributed by atoms with E-state index in [0.29, 0.717) is 35.3 Å². The number of aryl methyl sites for hydroxylation is 1. The van der Waals surface area contributed by atoms with Crippen LogP contribution in [0, 0.1) is 6.92 Å². The van der Waals surface area contributed by atoms with Gasteiger partial charge in [-0.25, -0.2) is 9.79 Å². The zero-order valence-corrected chi connectivity index (χ0v) is 17.6. The van der Waals surface area contributed by atoms with Crippen molar-refractivity contribution in [2.45, 2.75) is 33.6 Å². The largest absolute Gasteiger partial charge is 0.490 e. The number of nitrogens with zero attached hydrogens (tertiary/aromatic N) is 1. The quantitative estimate of drug-likeness (QED) is 0.322. The second kappa shape index (κ2) is 9.61. The minimum Gasteiger partial charge on any atom is -0.490 e. The van der Waals surface area contributed by atoms with Crippen LogP contribution in [0.1, 0.15) is 43.4 Å². The van der Waals surface area contributed by atoms with E-state index < -0.39 is 5.97 Å². The molecule has 6 heteroatoms. The van der Waals surface area contributed by atoms with Gasteiger partial charge in [0.05, 0.1) is 18.2 Å². The Balaban J connectivity index is 1.90. The highest BCUT2D eigenvalue weighted by atomic mass is 35.5. The Morgan fingerprint density at radius 1 is 1.14 bits per heavy atom. The molecular formula is C23H24ClNO4. The maximum Gasteiger partial charge on any atom is 0.363 e. The summed E-state index contributed by atoms with van der Waals surface area (Å²) in [6.45, 7) is 7.01. The van der Waals surface area contributed by atoms with Crippen LogP contribution in [0.3, 0.4) is 0 Å². The van der Waals surface area contributed by atoms with E-state index in [2.05, 4.69) is 11.9 Å². The number of hydrogen-bond acceptors (Lipinski definition) is 5. The molecule has 0 fully saturated rings. The lowest BCUT2D eigenvalue weighted by Crippen LogP contribution is -2.05. The third-order valence-electron chi connectivity index (χ3n) is 4.30. The molecule has 0 N–H and O–H groups in total. The molecule has 0 saturated carbocycles. The first kappa shape index (κ1) is 20.9. The van der Waals surface area contributed by atoms with E-state index in [0.717, 1.165) is 24.0 Å². The predicted molar refractivity (Wildman–Crippen MR) is 115 cm³/mol. The normalized spacial score (nSPS) is 14.7. The third-order valence-corrected chi connectivity index (χ3v) is 4.58. The zero-order valence-electron chi connectivity index (χ0n) is 16.8. The maximum absolute atomic E-state index is 12.3. The molecule has 2 aromatic carbocycles. The molecule has 1 heterocycles. The maximum atomic E-state index is 12.3. The van der Waals surface area contributed by atoms with Crippen LogP contribution in [0.4, 0.5) is 0 Å². The van der Waals surface area contributed by atoms with Gasteiger partial charge in [-0.05, 0) is 56.2 Å². The average molecular weight is 414 g/mol. The van der Waals surface area contributed by atoms with Crippen molar-refractivity contribution in [3.63, 3.8) is 0 Å². The van der Waals surface area contributed by atoms with Crippen molar-refractivity contribution in [1.29, 1.82) is 0 Å². The van der Waals surface area contributed by atoms with Crippen molar-refractivity contribution >= 4 is 29.5 Å². The summed E-state index contributed by atoms with van der Waals surface area (Å²) in [7, 11) is 0. The van der Waals surface area contributed by atoms with Gasteiger partial charge in [-0.2, -0.15) is 0 Å². The molecule has 0 spiro atoms. The Morgan fingerprint density at radius 2 is 1.90 bits per heavy atom. The number of unbranched alkanes of at least 4 members (excludes halogenated alkanes) is 1. The molecule has 1 aliphatic rings. The van der Waals surface area contributed by atoms with Gasteiger partial charge in [0.25, 0.3) is 0 Å². The first-order valence-corrected chi connectivity index (χ1v) is 10.1. The lowest BCUT2D eigenvalue weighted by atomic mass is 10.1. The van der Waals surface area contributed by atoms with Crippen LogP contribution in [-0.2, 0) is 9.53 Å². The molecule has 0 atom stereocenters. The summed E-state index contributed by atoms with van der Waals surface area (Å²) in [5, 5.41) is 0.424. The fourth-order valence-electron chi connectivity index (χ4n) is 2.78. The van der Waals surface area contributed by atoms with Crippen molar-refractivity contribution in [3.05, 3.63) is 63.8 Å². The molecule has 0 aliphatic carbocycles. The summed E-state index contributed by atoms with van der Waals surface area (Å²) in [5.74, 6) is 0.842. The number of rotatable bonds is 8. The molecule has 0 unspecified atom stereocenters. The number of benzene rings is 2. The summed E-state index contributed by atoms with van der Waals surface area (Å²) in [6.07, 6.45) is 3.58. The average Bonchev–Trinajstić information content (AvgIpc) is 3.05. The summed E-state index contributed by atoms with van der Waals surface area (Å²) in [4.78, 5) is 16.6. The topological polar surface area (TPSA) is 57.1 Å². The molecule has 29 heavy (non-hydrogen) atoms. The summed E-state index contributed by atoms with van der Waals surface area (Å²) < 4.78 is 16.8. The Bertz CT molecular complexity index is 948. The van der Waals surface area contributed by atoms with E-state index in [1.54, 1.807) is 18.2 Å². The molecule has 0 bridgehead atoms. The van der Waals surface area contributed by atoms with E-state index in [9.17, 15) is 4.79 Å². The fraction of sp³-hybridized carbons (Fsp3) is 0.304. The van der Waals surface area contributed by atoms with Crippen LogP contribution in [0.2, 0.25) is 5.02 Å². The van der Waals surface area contributed by atoms with Crippen LogP contribution >= 0.6 is 11.6 Å². The molecule has 3 rings (SSSR count). The van der Waals surface area contributed by atoms with Gasteiger partial charge in [0, 0.05) is 5.56 Å². The highest BCUT2D eigenvalue weighted by Gasteiger charge is 2.24. The molecule has 0 saturated heterocycles. The monoisotopic (exact) mass is 413 g/mol. The summed E-state index contributed by atoms with van der Waals surface area (Å²) in [5.41, 5.74) is 2.76. The summed E-state index contributed by atoms with van der Waals surface area (Å²) >= 11 is 6.42. The number of carbonyl (C=O) groups is 1. The smallest absolute Gasteiger partial charge is 0.363 e. The van der Waals surface area contributed by atoms with Crippen LogP contribution in [-0.4, -0.2) is 25.1 Å². The lowest BCUT2D eigenvalue weighted by Gasteiger charge is -2.14. The van der Waals surface area contributed by atoms with Gasteiger partial charge >= 0.3 is 5.97 Å². The molecule has 1 aliphatic heterocycles. The summed E-state index contributed by atoms with van der Waals surface area (Å²) in [6, 6.07) is 11.1. The second-order valence-electron chi connectivity index (χ2n) is 6.67. The van der Waals surface area contributed by atoms with Gasteiger partial charge in [0.15, 0.2) is 17.2 Å². The van der Waals surface area contributed by atoms with Gasteiger partial charge in [0.2, 0.25) is 5.90 Å². The van der Waals surface area contributed by atoms with E-state index in [-0.39, 0.29) is 11.6 Å². The number of hydrogen-bond donors (Lipinski definition) is 0. The van der Waals surface area contributed by atoms with Gasteiger partial charge in [0.1, 0.15) is 0 Å². The van der Waals surface area contributed by atoms with Crippen molar-refractivity contribution in [2.75, 3.05) is 13.2 Å². The van der Waals surface area contributed by atoms with E-state index in [4.69, 9.17) is 25.8 Å². The lowest BCUT2D eigenvalue weighted by molar-refractivity contribution is -0.129. The molecule has 0 amide bonds. The SMILES string of the molecule is CCCCOc1c(Cl)cc(/C=C2\N=C(c3ccc(C)cc3)OC2=O)cc1OCC. The highest BCUT2D eigenvalue weighted by Crippen LogP contribution is 2.37. The molecule has 0 aromatic heterocycles. The van der Waals surface area contributed by atoms with Crippen LogP contribution in [0.15, 0.2) is 47.1 Å². The first-order valence-electron chi connectivity index (χ1n) is 9.70. The number of carbonyl (C=O) groups excluding carboxylic acids is 1. The Morgan fingerprint density at radius 3 is 2.59 bits per heavy atom. The van der Waals surface area contributed by atoms with Crippen molar-refractivity contribution in [2.24, 2.45) is 4.99 Å². The molecule has 0 radical (unpaired) electrons. The molecule has 2 aromatic rings. The van der Waals surface area contributed by atoms with Crippen molar-refractivity contribution in [3.8, 4) is 11.5 Å². The zero-order chi connectivity index (χ0) is 20.8. The standard InChI is InChI=1S/C23H24ClNO4/c1-4-6-11-28-21-18(24)12-16(14-20(21)27-5-2)13-19-23(26)29-22(25-19)17-9-7-15(3)8-10-17/h7-10,12-14H,4-6,11H2,1-3H3/b19-13-. The first-order chi connectivity index (χ1) is 14.0. The minimum atomic E-state index is -0.502. The van der Waals surface area contributed by atoms with E-state index in [1.165, 1.54) is 0 Å². The molecule has 152 valence electrons. The third kappa shape index (κ3) is 5.18. The van der Waals surface area contributed by atoms with Crippen LogP contribution in [0.5, 0.6) is 11.5 Å². The Kier molecular flexibility index (Phi) is 6.94. The number of esters is 1. The number of cyclic esters (lactones) is 1. The Hall–Kier alpha value is -2.79. The highest BCUT2D eigenvalue weighted by molar-refractivity contribution is 6.32. The molecule has 5 nitrogen and oxygen atoms in total. The van der Waals surface area contributed by atoms with E-state index >= 15 is 0 Å². The second-order valence-corrected chi connectivity index (χ2v) is 7.07. The van der Waals surface area contributed by atoms with Gasteiger partial charge in [-0.3, -0.25) is 0 Å². The van der Waals surface area contributed by atoms with Crippen LogP contribution in [0.25, 0.3) is 6.08 Å². The Labute approximate surface area is 176 Å². The van der Waals surface area contributed by atoms with Gasteiger partial charge in [-0.15, -0.1) is 0 Å². The van der Waals surface area contributed by atoms with Gasteiger partial charge < -0.3 is 14.2 Å². The minimum absolute atomic E-state index is 0.207. The van der Waals surface area contributed by atoms with Crippen molar-refractivity contribution in [1.82, 2.24) is 0 Å². The number of aliphatic imine (C=N–C) groups is 1. The van der Waals surface area contributed by atoms with Gasteiger partial charge in [-0.1, -0.05) is 42.6 Å². The number of halogens is 1.